The molecule has 0 aromatic rings. The van der Waals surface area contributed by atoms with E-state index in [1.54, 1.807) is 0 Å². The van der Waals surface area contributed by atoms with Gasteiger partial charge in [-0.3, -0.25) is 14.9 Å². The summed E-state index contributed by atoms with van der Waals surface area (Å²) in [5, 5.41) is 6.38. The molecular weight excluding hydrogens is 268 g/mol. The summed E-state index contributed by atoms with van der Waals surface area (Å²) >= 11 is 0. The number of carbonyl (C=O) groups is 2. The van der Waals surface area contributed by atoms with Crippen molar-refractivity contribution in [3.8, 4) is 0 Å². The van der Waals surface area contributed by atoms with Crippen LogP contribution in [0.5, 0.6) is 0 Å². The van der Waals surface area contributed by atoms with Crippen molar-refractivity contribution in [2.75, 3.05) is 0 Å². The summed E-state index contributed by atoms with van der Waals surface area (Å²) in [5.41, 5.74) is 8.13. The van der Waals surface area contributed by atoms with Crippen LogP contribution in [0.1, 0.15) is 64.2 Å². The molecule has 118 valence electrons. The fourth-order valence-electron chi connectivity index (χ4n) is 3.19. The normalized spacial score (nSPS) is 21.8. The van der Waals surface area contributed by atoms with E-state index in [-0.39, 0.29) is 29.6 Å². The Balaban J connectivity index is 1.74. The van der Waals surface area contributed by atoms with E-state index in [1.165, 1.54) is 12.8 Å². The van der Waals surface area contributed by atoms with E-state index in [0.717, 1.165) is 51.4 Å². The average molecular weight is 294 g/mol. The SMILES string of the molecule is NC(=NNC(=O)C1CCCCC1)NC(=O)C1CCCCC1. The van der Waals surface area contributed by atoms with Crippen LogP contribution in [0.4, 0.5) is 0 Å². The Morgan fingerprint density at radius 1 is 0.810 bits per heavy atom. The molecule has 4 N–H and O–H groups in total. The molecule has 2 aliphatic rings. The van der Waals surface area contributed by atoms with Gasteiger partial charge in [0.05, 0.1) is 0 Å². The molecule has 6 heteroatoms. The number of amides is 2. The first kappa shape index (κ1) is 15.8. The smallest absolute Gasteiger partial charge is 0.243 e. The Morgan fingerprint density at radius 2 is 1.29 bits per heavy atom. The first-order chi connectivity index (χ1) is 10.2. The van der Waals surface area contributed by atoms with E-state index in [1.807, 2.05) is 0 Å². The van der Waals surface area contributed by atoms with Gasteiger partial charge >= 0.3 is 0 Å². The quantitative estimate of drug-likeness (QED) is 0.419. The lowest BCUT2D eigenvalue weighted by atomic mass is 9.89. The second-order valence-corrected chi connectivity index (χ2v) is 6.13. The minimum Gasteiger partial charge on any atom is -0.368 e. The van der Waals surface area contributed by atoms with Crippen LogP contribution in [-0.4, -0.2) is 17.8 Å². The van der Waals surface area contributed by atoms with Gasteiger partial charge in [0.15, 0.2) is 0 Å². The van der Waals surface area contributed by atoms with Crippen molar-refractivity contribution in [2.24, 2.45) is 22.7 Å². The molecule has 6 nitrogen and oxygen atoms in total. The van der Waals surface area contributed by atoms with E-state index in [4.69, 9.17) is 5.73 Å². The van der Waals surface area contributed by atoms with Crippen LogP contribution in [0.2, 0.25) is 0 Å². The zero-order chi connectivity index (χ0) is 15.1. The molecule has 0 aromatic heterocycles. The van der Waals surface area contributed by atoms with Crippen molar-refractivity contribution >= 4 is 17.8 Å². The number of rotatable bonds is 3. The molecule has 21 heavy (non-hydrogen) atoms. The molecule has 0 heterocycles. The predicted molar refractivity (Wildman–Crippen MR) is 81.1 cm³/mol. The fraction of sp³-hybridized carbons (Fsp3) is 0.800. The highest BCUT2D eigenvalue weighted by molar-refractivity contribution is 5.97. The van der Waals surface area contributed by atoms with Crippen molar-refractivity contribution in [1.29, 1.82) is 0 Å². The number of nitrogens with two attached hydrogens (primary N) is 1. The molecule has 2 saturated carbocycles. The third-order valence-corrected chi connectivity index (χ3v) is 4.49. The molecule has 0 atom stereocenters. The van der Waals surface area contributed by atoms with Crippen LogP contribution in [-0.2, 0) is 9.59 Å². The number of hydrazone groups is 1. The summed E-state index contributed by atoms with van der Waals surface area (Å²) in [6, 6.07) is 0. The number of guanidine groups is 1. The van der Waals surface area contributed by atoms with Gasteiger partial charge in [0.2, 0.25) is 17.8 Å². The molecule has 0 radical (unpaired) electrons. The van der Waals surface area contributed by atoms with Gasteiger partial charge in [0.1, 0.15) is 0 Å². The summed E-state index contributed by atoms with van der Waals surface area (Å²) in [7, 11) is 0. The highest BCUT2D eigenvalue weighted by Crippen LogP contribution is 2.24. The van der Waals surface area contributed by atoms with Gasteiger partial charge < -0.3 is 5.73 Å². The molecule has 0 aromatic carbocycles. The molecule has 2 fully saturated rings. The van der Waals surface area contributed by atoms with Gasteiger partial charge in [0.25, 0.3) is 0 Å². The lowest BCUT2D eigenvalue weighted by Gasteiger charge is -2.21. The molecule has 2 aliphatic carbocycles. The highest BCUT2D eigenvalue weighted by Gasteiger charge is 2.22. The van der Waals surface area contributed by atoms with E-state index in [2.05, 4.69) is 15.8 Å². The van der Waals surface area contributed by atoms with Crippen molar-refractivity contribution in [3.63, 3.8) is 0 Å². The minimum absolute atomic E-state index is 0.0188. The largest absolute Gasteiger partial charge is 0.368 e. The molecule has 2 rings (SSSR count). The first-order valence-electron chi connectivity index (χ1n) is 8.10. The Bertz CT molecular complexity index is 396. The maximum Gasteiger partial charge on any atom is 0.243 e. The van der Waals surface area contributed by atoms with Crippen LogP contribution >= 0.6 is 0 Å². The standard InChI is InChI=1S/C15H26N4O2/c16-15(17-13(20)11-7-3-1-4-8-11)19-18-14(21)12-9-5-2-6-10-12/h11-12H,1-10H2,(H,18,21)(H3,16,17,19,20). The number of hydrogen-bond donors (Lipinski definition) is 3. The molecular formula is C15H26N4O2. The van der Waals surface area contributed by atoms with Crippen LogP contribution < -0.4 is 16.5 Å². The highest BCUT2D eigenvalue weighted by atomic mass is 16.2. The monoisotopic (exact) mass is 294 g/mol. The minimum atomic E-state index is -0.0930. The van der Waals surface area contributed by atoms with Gasteiger partial charge in [-0.25, -0.2) is 5.43 Å². The van der Waals surface area contributed by atoms with E-state index in [9.17, 15) is 9.59 Å². The zero-order valence-corrected chi connectivity index (χ0v) is 12.6. The van der Waals surface area contributed by atoms with Crippen LogP contribution in [0.15, 0.2) is 5.10 Å². The summed E-state index contributed by atoms with van der Waals surface area (Å²) in [5.74, 6) is -0.131. The Labute approximate surface area is 125 Å². The third kappa shape index (κ3) is 5.02. The Kier molecular flexibility index (Phi) is 6.02. The predicted octanol–water partition coefficient (Wildman–Crippen LogP) is 1.61. The van der Waals surface area contributed by atoms with E-state index >= 15 is 0 Å². The van der Waals surface area contributed by atoms with Crippen molar-refractivity contribution in [2.45, 2.75) is 64.2 Å². The number of nitrogens with one attached hydrogen (secondary N) is 2. The summed E-state index contributed by atoms with van der Waals surface area (Å²) < 4.78 is 0. The molecule has 0 aliphatic heterocycles. The lowest BCUT2D eigenvalue weighted by molar-refractivity contribution is -0.126. The van der Waals surface area contributed by atoms with Crippen molar-refractivity contribution < 1.29 is 9.59 Å². The molecule has 0 saturated heterocycles. The van der Waals surface area contributed by atoms with Gasteiger partial charge in [0, 0.05) is 11.8 Å². The van der Waals surface area contributed by atoms with Gasteiger partial charge in [-0.05, 0) is 25.7 Å². The number of carbonyl (C=O) groups excluding carboxylic acids is 2. The van der Waals surface area contributed by atoms with Crippen molar-refractivity contribution in [3.05, 3.63) is 0 Å². The summed E-state index contributed by atoms with van der Waals surface area (Å²) in [6.07, 6.45) is 10.4. The molecule has 0 bridgehead atoms. The van der Waals surface area contributed by atoms with Gasteiger partial charge in [-0.2, -0.15) is 0 Å². The first-order valence-corrected chi connectivity index (χ1v) is 8.10. The second kappa shape index (κ2) is 8.00. The maximum absolute atomic E-state index is 12.0. The third-order valence-electron chi connectivity index (χ3n) is 4.49. The summed E-state index contributed by atoms with van der Waals surface area (Å²) in [6.45, 7) is 0. The van der Waals surface area contributed by atoms with Crippen LogP contribution in [0.3, 0.4) is 0 Å². The fourth-order valence-corrected chi connectivity index (χ4v) is 3.19. The van der Waals surface area contributed by atoms with Crippen molar-refractivity contribution in [1.82, 2.24) is 10.7 Å². The average Bonchev–Trinajstić information content (AvgIpc) is 2.54. The summed E-state index contributed by atoms with van der Waals surface area (Å²) in [4.78, 5) is 23.9. The number of hydrogen-bond acceptors (Lipinski definition) is 3. The topological polar surface area (TPSA) is 96.6 Å². The zero-order valence-electron chi connectivity index (χ0n) is 12.6. The number of nitrogens with zero attached hydrogens (tertiary/aromatic N) is 1. The second-order valence-electron chi connectivity index (χ2n) is 6.13. The Hall–Kier alpha value is -1.59. The van der Waals surface area contributed by atoms with E-state index < -0.39 is 0 Å². The maximum atomic E-state index is 12.0. The van der Waals surface area contributed by atoms with Gasteiger partial charge in [-0.15, -0.1) is 5.10 Å². The lowest BCUT2D eigenvalue weighted by Crippen LogP contribution is -2.43. The molecule has 0 spiro atoms. The molecule has 0 unspecified atom stereocenters. The van der Waals surface area contributed by atoms with Gasteiger partial charge in [-0.1, -0.05) is 38.5 Å². The van der Waals surface area contributed by atoms with Crippen LogP contribution in [0.25, 0.3) is 0 Å². The molecule has 2 amide bonds. The van der Waals surface area contributed by atoms with Crippen LogP contribution in [0, 0.1) is 11.8 Å². The Morgan fingerprint density at radius 3 is 1.81 bits per heavy atom. The van der Waals surface area contributed by atoms with E-state index in [0.29, 0.717) is 0 Å².